The Morgan fingerprint density at radius 1 is 1.11 bits per heavy atom. The van der Waals surface area contributed by atoms with E-state index in [1.165, 1.54) is 6.92 Å². The maximum absolute atomic E-state index is 10.7. The number of rotatable bonds is 7. The van der Waals surface area contributed by atoms with E-state index in [9.17, 15) is 4.79 Å². The van der Waals surface area contributed by atoms with Crippen LogP contribution in [0.5, 0.6) is 0 Å². The Kier molecular flexibility index (Phi) is 7.60. The van der Waals surface area contributed by atoms with Crippen molar-refractivity contribution in [3.05, 3.63) is 23.3 Å². The maximum atomic E-state index is 10.7. The molecule has 104 valence electrons. The minimum atomic E-state index is -0.247. The van der Waals surface area contributed by atoms with Crippen LogP contribution >= 0.6 is 0 Å². The average Bonchev–Trinajstić information content (AvgIpc) is 2.31. The number of hydrogen-bond acceptors (Lipinski definition) is 3. The summed E-state index contributed by atoms with van der Waals surface area (Å²) in [6, 6.07) is 0. The predicted molar refractivity (Wildman–Crippen MR) is 74.2 cm³/mol. The number of ether oxygens (including phenoxy) is 1. The molecule has 0 unspecified atom stereocenters. The molecule has 0 rings (SSSR count). The van der Waals surface area contributed by atoms with Crippen molar-refractivity contribution in [2.75, 3.05) is 13.2 Å². The normalized spacial score (nSPS) is 13.7. The molecule has 0 amide bonds. The number of carbonyl (C=O) groups is 1. The largest absolute Gasteiger partial charge is 0.461 e. The fourth-order valence-electron chi connectivity index (χ4n) is 1.32. The maximum Gasteiger partial charge on any atom is 0.302 e. The highest BCUT2D eigenvalue weighted by molar-refractivity contribution is 5.66. The summed E-state index contributed by atoms with van der Waals surface area (Å²) < 4.78 is 4.93. The lowest BCUT2D eigenvalue weighted by atomic mass is 9.84. The molecule has 0 spiro atoms. The SMILES string of the molecule is CC(=O)OC/C(C)=C/CC(C)(C)C/C=C(\C)CO. The number of allylic oxidation sites excluding steroid dienone is 2. The first-order valence-electron chi connectivity index (χ1n) is 6.32. The average molecular weight is 254 g/mol. The molecule has 0 aliphatic carbocycles. The van der Waals surface area contributed by atoms with Crippen molar-refractivity contribution < 1.29 is 14.6 Å². The molecule has 1 N–H and O–H groups in total. The van der Waals surface area contributed by atoms with Crippen LogP contribution in [0.15, 0.2) is 23.3 Å². The quantitative estimate of drug-likeness (QED) is 0.560. The zero-order valence-corrected chi connectivity index (χ0v) is 12.2. The van der Waals surface area contributed by atoms with E-state index in [1.54, 1.807) is 0 Å². The van der Waals surface area contributed by atoms with Crippen LogP contribution < -0.4 is 0 Å². The van der Waals surface area contributed by atoms with Gasteiger partial charge in [-0.05, 0) is 37.7 Å². The van der Waals surface area contributed by atoms with Gasteiger partial charge in [0, 0.05) is 6.92 Å². The van der Waals surface area contributed by atoms with Crippen molar-refractivity contribution in [3.63, 3.8) is 0 Å². The summed E-state index contributed by atoms with van der Waals surface area (Å²) in [6.07, 6.45) is 6.05. The van der Waals surface area contributed by atoms with Gasteiger partial charge in [-0.25, -0.2) is 0 Å². The second kappa shape index (κ2) is 8.09. The zero-order valence-electron chi connectivity index (χ0n) is 12.2. The molecule has 18 heavy (non-hydrogen) atoms. The van der Waals surface area contributed by atoms with E-state index in [0.29, 0.717) is 6.61 Å². The first-order valence-corrected chi connectivity index (χ1v) is 6.32. The lowest BCUT2D eigenvalue weighted by molar-refractivity contribution is -0.139. The van der Waals surface area contributed by atoms with Crippen molar-refractivity contribution in [2.45, 2.75) is 47.5 Å². The Balaban J connectivity index is 4.23. The van der Waals surface area contributed by atoms with Crippen LogP contribution in [0.1, 0.15) is 47.5 Å². The summed E-state index contributed by atoms with van der Waals surface area (Å²) >= 11 is 0. The van der Waals surface area contributed by atoms with Gasteiger partial charge >= 0.3 is 5.97 Å². The van der Waals surface area contributed by atoms with Gasteiger partial charge in [0.15, 0.2) is 0 Å². The number of esters is 1. The van der Waals surface area contributed by atoms with Gasteiger partial charge in [0.05, 0.1) is 6.61 Å². The molecule has 0 saturated carbocycles. The summed E-state index contributed by atoms with van der Waals surface area (Å²) in [4.78, 5) is 10.7. The van der Waals surface area contributed by atoms with Crippen molar-refractivity contribution in [1.29, 1.82) is 0 Å². The fourth-order valence-corrected chi connectivity index (χ4v) is 1.32. The van der Waals surface area contributed by atoms with Crippen LogP contribution in [0.3, 0.4) is 0 Å². The molecule has 0 radical (unpaired) electrons. The summed E-state index contributed by atoms with van der Waals surface area (Å²) in [5.41, 5.74) is 2.22. The standard InChI is InChI=1S/C15H26O3/c1-12(10-16)6-8-15(4,5)9-7-13(2)11-18-14(3)17/h6-7,16H,8-11H2,1-5H3/b12-6+,13-7+. The first-order chi connectivity index (χ1) is 8.26. The number of aliphatic hydroxyl groups is 1. The van der Waals surface area contributed by atoms with E-state index < -0.39 is 0 Å². The Bertz CT molecular complexity index is 325. The predicted octanol–water partition coefficient (Wildman–Crippen LogP) is 3.24. The van der Waals surface area contributed by atoms with Gasteiger partial charge in [0.1, 0.15) is 6.61 Å². The van der Waals surface area contributed by atoms with Crippen LogP contribution in [0, 0.1) is 5.41 Å². The summed E-state index contributed by atoms with van der Waals surface area (Å²) in [7, 11) is 0. The van der Waals surface area contributed by atoms with Crippen molar-refractivity contribution >= 4 is 5.97 Å². The molecular weight excluding hydrogens is 228 g/mol. The van der Waals surface area contributed by atoms with E-state index in [1.807, 2.05) is 13.8 Å². The molecule has 0 fully saturated rings. The molecule has 0 atom stereocenters. The number of aliphatic hydroxyl groups excluding tert-OH is 1. The minimum Gasteiger partial charge on any atom is -0.461 e. The Hall–Kier alpha value is -1.09. The molecule has 0 saturated heterocycles. The minimum absolute atomic E-state index is 0.122. The molecule has 0 bridgehead atoms. The van der Waals surface area contributed by atoms with Crippen LogP contribution in [-0.2, 0) is 9.53 Å². The fraction of sp³-hybridized carbons (Fsp3) is 0.667. The van der Waals surface area contributed by atoms with Gasteiger partial charge in [-0.1, -0.05) is 31.6 Å². The van der Waals surface area contributed by atoms with E-state index in [0.717, 1.165) is 24.0 Å². The van der Waals surface area contributed by atoms with Gasteiger partial charge in [-0.2, -0.15) is 0 Å². The highest BCUT2D eigenvalue weighted by atomic mass is 16.5. The second-order valence-corrected chi connectivity index (χ2v) is 5.61. The summed E-state index contributed by atoms with van der Waals surface area (Å²) in [6.45, 7) is 10.2. The smallest absolute Gasteiger partial charge is 0.302 e. The molecule has 0 heterocycles. The lowest BCUT2D eigenvalue weighted by Crippen LogP contribution is -2.10. The lowest BCUT2D eigenvalue weighted by Gasteiger charge is -2.21. The first kappa shape index (κ1) is 16.9. The van der Waals surface area contributed by atoms with Crippen molar-refractivity contribution in [1.82, 2.24) is 0 Å². The van der Waals surface area contributed by atoms with Gasteiger partial charge in [-0.15, -0.1) is 0 Å². The van der Waals surface area contributed by atoms with Gasteiger partial charge < -0.3 is 9.84 Å². The van der Waals surface area contributed by atoms with E-state index in [-0.39, 0.29) is 18.0 Å². The van der Waals surface area contributed by atoms with E-state index in [4.69, 9.17) is 9.84 Å². The Labute approximate surface area is 111 Å². The summed E-state index contributed by atoms with van der Waals surface area (Å²) in [5.74, 6) is -0.247. The van der Waals surface area contributed by atoms with E-state index in [2.05, 4.69) is 26.0 Å². The third kappa shape index (κ3) is 8.99. The Morgan fingerprint density at radius 2 is 1.61 bits per heavy atom. The molecule has 0 aromatic carbocycles. The molecule has 0 aliphatic rings. The van der Waals surface area contributed by atoms with Gasteiger partial charge in [0.2, 0.25) is 0 Å². The third-order valence-corrected chi connectivity index (χ3v) is 2.76. The molecule has 0 aromatic rings. The van der Waals surface area contributed by atoms with Crippen LogP contribution in [0.4, 0.5) is 0 Å². The van der Waals surface area contributed by atoms with Crippen molar-refractivity contribution in [3.8, 4) is 0 Å². The Morgan fingerprint density at radius 3 is 2.06 bits per heavy atom. The van der Waals surface area contributed by atoms with Crippen LogP contribution in [0.2, 0.25) is 0 Å². The van der Waals surface area contributed by atoms with Gasteiger partial charge in [-0.3, -0.25) is 4.79 Å². The molecule has 3 heteroatoms. The van der Waals surface area contributed by atoms with Crippen LogP contribution in [-0.4, -0.2) is 24.3 Å². The monoisotopic (exact) mass is 254 g/mol. The number of hydrogen-bond donors (Lipinski definition) is 1. The zero-order chi connectivity index (χ0) is 14.2. The molecular formula is C15H26O3. The number of carbonyl (C=O) groups excluding carboxylic acids is 1. The topological polar surface area (TPSA) is 46.5 Å². The van der Waals surface area contributed by atoms with E-state index >= 15 is 0 Å². The third-order valence-electron chi connectivity index (χ3n) is 2.76. The molecule has 3 nitrogen and oxygen atoms in total. The van der Waals surface area contributed by atoms with Crippen molar-refractivity contribution in [2.24, 2.45) is 5.41 Å². The summed E-state index contributed by atoms with van der Waals surface area (Å²) in [5, 5.41) is 8.94. The van der Waals surface area contributed by atoms with Crippen LogP contribution in [0.25, 0.3) is 0 Å². The molecule has 0 aliphatic heterocycles. The highest BCUT2D eigenvalue weighted by Gasteiger charge is 2.14. The van der Waals surface area contributed by atoms with Gasteiger partial charge in [0.25, 0.3) is 0 Å². The molecule has 0 aromatic heterocycles. The highest BCUT2D eigenvalue weighted by Crippen LogP contribution is 2.27. The second-order valence-electron chi connectivity index (χ2n) is 5.61.